The fourth-order valence-electron chi connectivity index (χ4n) is 6.72. The molecule has 0 amide bonds. The molecule has 3 rings (SSSR count). The highest BCUT2D eigenvalue weighted by molar-refractivity contribution is 5.08. The highest BCUT2D eigenvalue weighted by Crippen LogP contribution is 2.54. The van der Waals surface area contributed by atoms with Gasteiger partial charge in [0, 0.05) is 18.1 Å². The molecular formula is C19H36N2. The van der Waals surface area contributed by atoms with Crippen LogP contribution in [0, 0.1) is 16.7 Å². The van der Waals surface area contributed by atoms with Gasteiger partial charge in [0.1, 0.15) is 0 Å². The summed E-state index contributed by atoms with van der Waals surface area (Å²) in [6.07, 6.45) is 11.1. The van der Waals surface area contributed by atoms with E-state index in [9.17, 15) is 0 Å². The Morgan fingerprint density at radius 1 is 0.905 bits per heavy atom. The smallest absolute Gasteiger partial charge is 0.0344 e. The zero-order valence-corrected chi connectivity index (χ0v) is 14.8. The summed E-state index contributed by atoms with van der Waals surface area (Å²) in [7, 11) is 0. The second-order valence-corrected chi connectivity index (χ2v) is 9.88. The second-order valence-electron chi connectivity index (χ2n) is 9.88. The van der Waals surface area contributed by atoms with Gasteiger partial charge in [-0.3, -0.25) is 4.90 Å². The van der Waals surface area contributed by atoms with Gasteiger partial charge in [0.25, 0.3) is 0 Å². The molecule has 2 saturated carbocycles. The lowest BCUT2D eigenvalue weighted by Crippen LogP contribution is -2.62. The molecule has 0 aromatic carbocycles. The summed E-state index contributed by atoms with van der Waals surface area (Å²) in [4.78, 5) is 2.90. The van der Waals surface area contributed by atoms with Gasteiger partial charge in [-0.1, -0.05) is 40.5 Å². The maximum Gasteiger partial charge on any atom is 0.0344 e. The van der Waals surface area contributed by atoms with Crippen molar-refractivity contribution in [2.45, 2.75) is 90.6 Å². The van der Waals surface area contributed by atoms with Crippen molar-refractivity contribution in [3.63, 3.8) is 0 Å². The third kappa shape index (κ3) is 2.91. The maximum absolute atomic E-state index is 6.44. The van der Waals surface area contributed by atoms with Crippen molar-refractivity contribution in [2.24, 2.45) is 22.5 Å². The molecule has 2 aliphatic carbocycles. The maximum atomic E-state index is 6.44. The molecule has 3 aliphatic rings. The Balaban J connectivity index is 1.89. The number of likely N-dealkylation sites (tertiary alicyclic amines) is 1. The molecule has 2 N–H and O–H groups in total. The molecule has 0 aromatic rings. The molecule has 3 fully saturated rings. The van der Waals surface area contributed by atoms with Crippen LogP contribution in [0.1, 0.15) is 79.1 Å². The summed E-state index contributed by atoms with van der Waals surface area (Å²) in [6, 6.07) is 0.840. The van der Waals surface area contributed by atoms with E-state index in [0.717, 1.165) is 18.5 Å². The van der Waals surface area contributed by atoms with Gasteiger partial charge in [0.05, 0.1) is 0 Å². The second kappa shape index (κ2) is 5.23. The van der Waals surface area contributed by atoms with Crippen LogP contribution in [0.15, 0.2) is 0 Å². The molecule has 122 valence electrons. The minimum atomic E-state index is 0.266. The van der Waals surface area contributed by atoms with E-state index in [1.807, 2.05) is 0 Å². The summed E-state index contributed by atoms with van der Waals surface area (Å²) < 4.78 is 0. The van der Waals surface area contributed by atoms with Crippen molar-refractivity contribution in [3.05, 3.63) is 0 Å². The van der Waals surface area contributed by atoms with Gasteiger partial charge in [0.15, 0.2) is 0 Å². The van der Waals surface area contributed by atoms with Gasteiger partial charge in [-0.05, 0) is 61.8 Å². The molecule has 2 heteroatoms. The van der Waals surface area contributed by atoms with Gasteiger partial charge < -0.3 is 5.73 Å². The van der Waals surface area contributed by atoms with Crippen LogP contribution in [0.3, 0.4) is 0 Å². The molecule has 2 atom stereocenters. The molecule has 1 saturated heterocycles. The number of fused-ring (bicyclic) bond motifs is 1. The van der Waals surface area contributed by atoms with Gasteiger partial charge >= 0.3 is 0 Å². The molecule has 0 aromatic heterocycles. The fraction of sp³-hybridized carbons (Fsp3) is 1.00. The number of rotatable bonds is 2. The molecular weight excluding hydrogens is 256 g/mol. The lowest BCUT2D eigenvalue weighted by atomic mass is 9.57. The SMILES string of the molecule is CC1(C)CC(C)(C)CC(CN)(N2CCC3CCCCC32)C1. The zero-order valence-electron chi connectivity index (χ0n) is 14.8. The van der Waals surface area contributed by atoms with Gasteiger partial charge in [-0.2, -0.15) is 0 Å². The minimum Gasteiger partial charge on any atom is -0.329 e. The van der Waals surface area contributed by atoms with E-state index in [1.54, 1.807) is 0 Å². The molecule has 0 radical (unpaired) electrons. The Labute approximate surface area is 131 Å². The Morgan fingerprint density at radius 2 is 1.52 bits per heavy atom. The van der Waals surface area contributed by atoms with Crippen molar-refractivity contribution in [2.75, 3.05) is 13.1 Å². The predicted molar refractivity (Wildman–Crippen MR) is 90.3 cm³/mol. The highest BCUT2D eigenvalue weighted by atomic mass is 15.3. The first-order valence-electron chi connectivity index (χ1n) is 9.24. The highest BCUT2D eigenvalue weighted by Gasteiger charge is 2.53. The van der Waals surface area contributed by atoms with Crippen LogP contribution in [0.5, 0.6) is 0 Å². The average Bonchev–Trinajstić information content (AvgIpc) is 2.79. The van der Waals surface area contributed by atoms with E-state index in [1.165, 1.54) is 57.9 Å². The summed E-state index contributed by atoms with van der Waals surface area (Å²) in [5.74, 6) is 0.968. The number of nitrogens with two attached hydrogens (primary N) is 1. The van der Waals surface area contributed by atoms with Gasteiger partial charge in [0.2, 0.25) is 0 Å². The largest absolute Gasteiger partial charge is 0.329 e. The fourth-order valence-corrected chi connectivity index (χ4v) is 6.72. The molecule has 0 bridgehead atoms. The van der Waals surface area contributed by atoms with Crippen LogP contribution in [-0.2, 0) is 0 Å². The van der Waals surface area contributed by atoms with Crippen LogP contribution in [0.4, 0.5) is 0 Å². The predicted octanol–water partition coefficient (Wildman–Crippen LogP) is 4.18. The van der Waals surface area contributed by atoms with Crippen molar-refractivity contribution in [1.29, 1.82) is 0 Å². The van der Waals surface area contributed by atoms with Crippen LogP contribution in [0.2, 0.25) is 0 Å². The monoisotopic (exact) mass is 292 g/mol. The van der Waals surface area contributed by atoms with Crippen LogP contribution >= 0.6 is 0 Å². The van der Waals surface area contributed by atoms with E-state index in [-0.39, 0.29) is 5.54 Å². The molecule has 21 heavy (non-hydrogen) atoms. The minimum absolute atomic E-state index is 0.266. The lowest BCUT2D eigenvalue weighted by molar-refractivity contribution is -0.0571. The van der Waals surface area contributed by atoms with Crippen molar-refractivity contribution >= 4 is 0 Å². The Hall–Kier alpha value is -0.0800. The summed E-state index contributed by atoms with van der Waals surface area (Å²) in [6.45, 7) is 12.0. The van der Waals surface area contributed by atoms with Crippen molar-refractivity contribution in [3.8, 4) is 0 Å². The van der Waals surface area contributed by atoms with E-state index >= 15 is 0 Å². The van der Waals surface area contributed by atoms with Crippen molar-refractivity contribution in [1.82, 2.24) is 4.90 Å². The Morgan fingerprint density at radius 3 is 2.14 bits per heavy atom. The topological polar surface area (TPSA) is 29.3 Å². The summed E-state index contributed by atoms with van der Waals surface area (Å²) in [5, 5.41) is 0. The van der Waals surface area contributed by atoms with Crippen LogP contribution < -0.4 is 5.73 Å². The first-order chi connectivity index (χ1) is 9.77. The zero-order chi connectivity index (χ0) is 15.3. The van der Waals surface area contributed by atoms with Crippen molar-refractivity contribution < 1.29 is 0 Å². The van der Waals surface area contributed by atoms with Gasteiger partial charge in [-0.25, -0.2) is 0 Å². The Kier molecular flexibility index (Phi) is 3.94. The molecule has 1 heterocycles. The molecule has 0 spiro atoms. The molecule has 2 unspecified atom stereocenters. The normalized spacial score (nSPS) is 38.1. The first kappa shape index (κ1) is 15.8. The van der Waals surface area contributed by atoms with E-state index < -0.39 is 0 Å². The van der Waals surface area contributed by atoms with Crippen LogP contribution in [-0.4, -0.2) is 29.6 Å². The van der Waals surface area contributed by atoms with E-state index in [4.69, 9.17) is 5.73 Å². The van der Waals surface area contributed by atoms with Gasteiger partial charge in [-0.15, -0.1) is 0 Å². The number of hydrogen-bond donors (Lipinski definition) is 1. The van der Waals surface area contributed by atoms with E-state index in [2.05, 4.69) is 32.6 Å². The number of nitrogens with zero attached hydrogens (tertiary/aromatic N) is 1. The van der Waals surface area contributed by atoms with E-state index in [0.29, 0.717) is 10.8 Å². The quantitative estimate of drug-likeness (QED) is 0.827. The lowest BCUT2D eigenvalue weighted by Gasteiger charge is -2.57. The Bertz CT molecular complexity index is 369. The third-order valence-electron chi connectivity index (χ3n) is 6.57. The summed E-state index contributed by atoms with van der Waals surface area (Å²) in [5.41, 5.74) is 7.56. The number of hydrogen-bond acceptors (Lipinski definition) is 2. The third-order valence-corrected chi connectivity index (χ3v) is 6.57. The standard InChI is InChI=1S/C19H36N2/c1-17(2)11-18(3,4)13-19(12-17,14-20)21-10-9-15-7-5-6-8-16(15)21/h15-16H,5-14,20H2,1-4H3. The van der Waals surface area contributed by atoms with Crippen LogP contribution in [0.25, 0.3) is 0 Å². The molecule has 2 nitrogen and oxygen atoms in total. The first-order valence-corrected chi connectivity index (χ1v) is 9.24. The average molecular weight is 293 g/mol. The summed E-state index contributed by atoms with van der Waals surface area (Å²) >= 11 is 0. The molecule has 1 aliphatic heterocycles.